The number of rotatable bonds is 4. The van der Waals surface area contributed by atoms with E-state index in [0.717, 1.165) is 0 Å². The van der Waals surface area contributed by atoms with Crippen LogP contribution in [0.15, 0.2) is 42.5 Å². The minimum Gasteiger partial charge on any atom is -0.367 e. The van der Waals surface area contributed by atoms with Gasteiger partial charge in [-0.1, -0.05) is 18.2 Å². The molecule has 2 aromatic rings. The third-order valence-corrected chi connectivity index (χ3v) is 3.59. The highest BCUT2D eigenvalue weighted by atomic mass is 19.1. The fourth-order valence-corrected chi connectivity index (χ4v) is 2.26. The van der Waals surface area contributed by atoms with E-state index in [2.05, 4.69) is 6.07 Å². The van der Waals surface area contributed by atoms with Crippen molar-refractivity contribution in [1.82, 2.24) is 0 Å². The number of carbonyl (C=O) groups is 1. The summed E-state index contributed by atoms with van der Waals surface area (Å²) >= 11 is 0. The van der Waals surface area contributed by atoms with Crippen molar-refractivity contribution in [3.05, 3.63) is 65.0 Å². The summed E-state index contributed by atoms with van der Waals surface area (Å²) in [5.41, 5.74) is 2.06. The lowest BCUT2D eigenvalue weighted by atomic mass is 10.0. The summed E-state index contributed by atoms with van der Waals surface area (Å²) < 4.78 is 13.9. The van der Waals surface area contributed by atoms with Gasteiger partial charge in [-0.15, -0.1) is 0 Å². The largest absolute Gasteiger partial charge is 0.367 e. The van der Waals surface area contributed by atoms with Crippen molar-refractivity contribution in [3.8, 4) is 6.07 Å². The van der Waals surface area contributed by atoms with Crippen LogP contribution in [-0.4, -0.2) is 13.3 Å². The normalized spacial score (nSPS) is 11.5. The van der Waals surface area contributed by atoms with Crippen LogP contribution in [-0.2, 0) is 0 Å². The standard InChI is InChI=1S/C17H15FN2O/c1-12(15-5-3-4-6-16(15)18)20(2)17-8-7-13(11-21)9-14(17)10-19/h3-9,11-12H,1-2H3. The molecule has 0 aliphatic rings. The first kappa shape index (κ1) is 14.7. The number of hydrogen-bond acceptors (Lipinski definition) is 3. The zero-order valence-electron chi connectivity index (χ0n) is 11.9. The average Bonchev–Trinajstić information content (AvgIpc) is 2.53. The maximum atomic E-state index is 13.9. The first-order valence-electron chi connectivity index (χ1n) is 6.55. The van der Waals surface area contributed by atoms with Crippen LogP contribution in [0.5, 0.6) is 0 Å². The van der Waals surface area contributed by atoms with Gasteiger partial charge in [-0.05, 0) is 31.2 Å². The molecular weight excluding hydrogens is 267 g/mol. The molecule has 0 aromatic heterocycles. The predicted molar refractivity (Wildman–Crippen MR) is 79.8 cm³/mol. The number of nitrogens with zero attached hydrogens (tertiary/aromatic N) is 2. The van der Waals surface area contributed by atoms with Gasteiger partial charge in [0.25, 0.3) is 0 Å². The van der Waals surface area contributed by atoms with Gasteiger partial charge in [0.1, 0.15) is 18.2 Å². The predicted octanol–water partition coefficient (Wildman–Crippen LogP) is 3.71. The Labute approximate surface area is 123 Å². The van der Waals surface area contributed by atoms with Crippen LogP contribution in [0.25, 0.3) is 0 Å². The number of nitriles is 1. The molecule has 2 rings (SSSR count). The molecule has 3 nitrogen and oxygen atoms in total. The molecule has 0 bridgehead atoms. The van der Waals surface area contributed by atoms with Gasteiger partial charge >= 0.3 is 0 Å². The molecule has 0 aliphatic carbocycles. The Hall–Kier alpha value is -2.67. The summed E-state index contributed by atoms with van der Waals surface area (Å²) in [5.74, 6) is -0.278. The van der Waals surface area contributed by atoms with Gasteiger partial charge < -0.3 is 4.90 Å². The Balaban J connectivity index is 2.40. The number of halogens is 1. The second kappa shape index (κ2) is 6.19. The van der Waals surface area contributed by atoms with E-state index in [9.17, 15) is 14.4 Å². The summed E-state index contributed by atoms with van der Waals surface area (Å²) in [6.07, 6.45) is 0.699. The number of aldehydes is 1. The Morgan fingerprint density at radius 2 is 2.00 bits per heavy atom. The van der Waals surface area contributed by atoms with Crippen molar-refractivity contribution < 1.29 is 9.18 Å². The third kappa shape index (κ3) is 2.92. The lowest BCUT2D eigenvalue weighted by Gasteiger charge is -2.28. The van der Waals surface area contributed by atoms with Crippen LogP contribution in [0.2, 0.25) is 0 Å². The summed E-state index contributed by atoms with van der Waals surface area (Å²) in [4.78, 5) is 12.6. The van der Waals surface area contributed by atoms with Gasteiger partial charge in [-0.2, -0.15) is 5.26 Å². The van der Waals surface area contributed by atoms with Crippen molar-refractivity contribution in [3.63, 3.8) is 0 Å². The second-order valence-electron chi connectivity index (χ2n) is 4.81. The lowest BCUT2D eigenvalue weighted by molar-refractivity contribution is 0.112. The van der Waals surface area contributed by atoms with Crippen molar-refractivity contribution in [2.45, 2.75) is 13.0 Å². The third-order valence-electron chi connectivity index (χ3n) is 3.59. The monoisotopic (exact) mass is 282 g/mol. The minimum atomic E-state index is -0.278. The van der Waals surface area contributed by atoms with Crippen LogP contribution in [0, 0.1) is 17.1 Å². The molecule has 0 spiro atoms. The number of carbonyl (C=O) groups excluding carboxylic acids is 1. The van der Waals surface area contributed by atoms with Gasteiger partial charge in [0.15, 0.2) is 0 Å². The Kier molecular flexibility index (Phi) is 4.34. The Morgan fingerprint density at radius 1 is 1.29 bits per heavy atom. The zero-order valence-corrected chi connectivity index (χ0v) is 11.9. The van der Waals surface area contributed by atoms with E-state index in [1.165, 1.54) is 12.1 Å². The molecule has 0 N–H and O–H groups in total. The Bertz CT molecular complexity index is 706. The molecule has 0 heterocycles. The lowest BCUT2D eigenvalue weighted by Crippen LogP contribution is -2.23. The quantitative estimate of drug-likeness (QED) is 0.803. The van der Waals surface area contributed by atoms with Crippen LogP contribution in [0.3, 0.4) is 0 Å². The van der Waals surface area contributed by atoms with Crippen molar-refractivity contribution in [1.29, 1.82) is 5.26 Å². The summed E-state index contributed by atoms with van der Waals surface area (Å²) in [5, 5.41) is 9.23. The van der Waals surface area contributed by atoms with Crippen molar-refractivity contribution in [2.24, 2.45) is 0 Å². The van der Waals surface area contributed by atoms with Crippen molar-refractivity contribution in [2.75, 3.05) is 11.9 Å². The van der Waals surface area contributed by atoms with E-state index in [1.807, 2.05) is 11.8 Å². The molecule has 1 unspecified atom stereocenters. The number of anilines is 1. The molecule has 0 aliphatic heterocycles. The molecular formula is C17H15FN2O. The smallest absolute Gasteiger partial charge is 0.150 e. The second-order valence-corrected chi connectivity index (χ2v) is 4.81. The van der Waals surface area contributed by atoms with E-state index < -0.39 is 0 Å². The zero-order chi connectivity index (χ0) is 15.4. The average molecular weight is 282 g/mol. The Morgan fingerprint density at radius 3 is 2.62 bits per heavy atom. The highest BCUT2D eigenvalue weighted by molar-refractivity contribution is 5.78. The molecule has 0 fully saturated rings. The molecule has 21 heavy (non-hydrogen) atoms. The fraction of sp³-hybridized carbons (Fsp3) is 0.176. The highest BCUT2D eigenvalue weighted by Crippen LogP contribution is 2.29. The molecule has 2 aromatic carbocycles. The van der Waals surface area contributed by atoms with E-state index in [-0.39, 0.29) is 11.9 Å². The molecule has 4 heteroatoms. The van der Waals surface area contributed by atoms with E-state index in [0.29, 0.717) is 28.7 Å². The molecule has 0 radical (unpaired) electrons. The van der Waals surface area contributed by atoms with E-state index in [1.54, 1.807) is 37.4 Å². The molecule has 0 amide bonds. The molecule has 0 saturated carbocycles. The molecule has 106 valence electrons. The number of hydrogen-bond donors (Lipinski definition) is 0. The maximum absolute atomic E-state index is 13.9. The first-order chi connectivity index (χ1) is 10.1. The topological polar surface area (TPSA) is 44.1 Å². The fourth-order valence-electron chi connectivity index (χ4n) is 2.26. The highest BCUT2D eigenvalue weighted by Gasteiger charge is 2.18. The SMILES string of the molecule is CC(c1ccccc1F)N(C)c1ccc(C=O)cc1C#N. The molecule has 0 saturated heterocycles. The van der Waals surface area contributed by atoms with Crippen LogP contribution >= 0.6 is 0 Å². The summed E-state index contributed by atoms with van der Waals surface area (Å²) in [6, 6.07) is 13.3. The van der Waals surface area contributed by atoms with Crippen LogP contribution in [0.4, 0.5) is 10.1 Å². The first-order valence-corrected chi connectivity index (χ1v) is 6.55. The number of benzene rings is 2. The minimum absolute atomic E-state index is 0.236. The van der Waals surface area contributed by atoms with Gasteiger partial charge in [-0.25, -0.2) is 4.39 Å². The van der Waals surface area contributed by atoms with Crippen LogP contribution < -0.4 is 4.90 Å². The van der Waals surface area contributed by atoms with Gasteiger partial charge in [0, 0.05) is 18.2 Å². The molecule has 1 atom stereocenters. The van der Waals surface area contributed by atoms with E-state index in [4.69, 9.17) is 0 Å². The van der Waals surface area contributed by atoms with Crippen LogP contribution in [0.1, 0.15) is 34.5 Å². The van der Waals surface area contributed by atoms with E-state index >= 15 is 0 Å². The van der Waals surface area contributed by atoms with Gasteiger partial charge in [0.2, 0.25) is 0 Å². The maximum Gasteiger partial charge on any atom is 0.150 e. The summed E-state index contributed by atoms with van der Waals surface area (Å²) in [6.45, 7) is 1.87. The van der Waals surface area contributed by atoms with Gasteiger partial charge in [0.05, 0.1) is 17.3 Å². The summed E-state index contributed by atoms with van der Waals surface area (Å²) in [7, 11) is 1.80. The van der Waals surface area contributed by atoms with Gasteiger partial charge in [-0.3, -0.25) is 4.79 Å². The van der Waals surface area contributed by atoms with Crippen molar-refractivity contribution >= 4 is 12.0 Å².